The maximum Gasteiger partial charge on any atom is 0.226 e. The lowest BCUT2D eigenvalue weighted by atomic mass is 9.91. The monoisotopic (exact) mass is 300 g/mol. The van der Waals surface area contributed by atoms with Crippen LogP contribution in [-0.4, -0.2) is 36.0 Å². The number of carbonyl (C=O) groups is 1. The van der Waals surface area contributed by atoms with Crippen molar-refractivity contribution in [1.82, 2.24) is 10.2 Å². The molecule has 0 spiro atoms. The third-order valence-corrected chi connectivity index (χ3v) is 5.23. The van der Waals surface area contributed by atoms with Crippen molar-refractivity contribution in [3.63, 3.8) is 0 Å². The summed E-state index contributed by atoms with van der Waals surface area (Å²) in [5.41, 5.74) is 2.65. The highest BCUT2D eigenvalue weighted by Crippen LogP contribution is 2.27. The predicted octanol–water partition coefficient (Wildman–Crippen LogP) is 2.92. The summed E-state index contributed by atoms with van der Waals surface area (Å²) in [4.78, 5) is 15.1. The van der Waals surface area contributed by atoms with Crippen LogP contribution in [0.2, 0.25) is 0 Å². The minimum Gasteiger partial charge on any atom is -0.339 e. The molecule has 0 aliphatic carbocycles. The van der Waals surface area contributed by atoms with Gasteiger partial charge in [0.1, 0.15) is 0 Å². The fourth-order valence-corrected chi connectivity index (χ4v) is 3.93. The summed E-state index contributed by atoms with van der Waals surface area (Å²) in [5, 5.41) is 3.44. The molecule has 1 aromatic carbocycles. The van der Waals surface area contributed by atoms with Crippen molar-refractivity contribution < 1.29 is 4.79 Å². The van der Waals surface area contributed by atoms with Crippen LogP contribution in [0.4, 0.5) is 0 Å². The van der Waals surface area contributed by atoms with Gasteiger partial charge in [0.05, 0.1) is 0 Å². The standard InChI is InChI=1S/C19H28N2O/c1-14-5-7-16(8-6-14)13-18-4-3-11-21(18)19(22)17-9-10-20-15(2)12-17/h5-8,15,17-18,20H,3-4,9-13H2,1-2H3/t15-,17-,18?/m0/s1. The molecule has 1 N–H and O–H groups in total. The van der Waals surface area contributed by atoms with E-state index in [1.807, 2.05) is 0 Å². The Morgan fingerprint density at radius 2 is 2.05 bits per heavy atom. The third-order valence-electron chi connectivity index (χ3n) is 5.23. The number of rotatable bonds is 3. The van der Waals surface area contributed by atoms with Gasteiger partial charge in [0.25, 0.3) is 0 Å². The molecule has 22 heavy (non-hydrogen) atoms. The van der Waals surface area contributed by atoms with Gasteiger partial charge in [0.15, 0.2) is 0 Å². The number of amides is 1. The fourth-order valence-electron chi connectivity index (χ4n) is 3.93. The van der Waals surface area contributed by atoms with E-state index in [4.69, 9.17) is 0 Å². The third kappa shape index (κ3) is 3.52. The van der Waals surface area contributed by atoms with E-state index in [1.165, 1.54) is 11.1 Å². The van der Waals surface area contributed by atoms with Crippen LogP contribution in [-0.2, 0) is 11.2 Å². The lowest BCUT2D eigenvalue weighted by Crippen LogP contribution is -2.46. The molecule has 0 radical (unpaired) electrons. The second-order valence-corrected chi connectivity index (χ2v) is 7.09. The number of nitrogens with one attached hydrogen (secondary N) is 1. The van der Waals surface area contributed by atoms with Crippen molar-refractivity contribution >= 4 is 5.91 Å². The Balaban J connectivity index is 1.64. The zero-order chi connectivity index (χ0) is 15.5. The van der Waals surface area contributed by atoms with Gasteiger partial charge in [-0.3, -0.25) is 4.79 Å². The van der Waals surface area contributed by atoms with E-state index in [1.54, 1.807) is 0 Å². The average Bonchev–Trinajstić information content (AvgIpc) is 2.97. The lowest BCUT2D eigenvalue weighted by molar-refractivity contribution is -0.137. The van der Waals surface area contributed by atoms with E-state index in [0.29, 0.717) is 18.0 Å². The topological polar surface area (TPSA) is 32.3 Å². The van der Waals surface area contributed by atoms with E-state index >= 15 is 0 Å². The molecule has 1 unspecified atom stereocenters. The number of hydrogen-bond donors (Lipinski definition) is 1. The summed E-state index contributed by atoms with van der Waals surface area (Å²) in [6.45, 7) is 6.24. The first-order valence-electron chi connectivity index (χ1n) is 8.73. The van der Waals surface area contributed by atoms with Crippen LogP contribution in [0.1, 0.15) is 43.7 Å². The molecular weight excluding hydrogens is 272 g/mol. The lowest BCUT2D eigenvalue weighted by Gasteiger charge is -2.33. The molecule has 2 fully saturated rings. The Bertz CT molecular complexity index is 511. The van der Waals surface area contributed by atoms with Crippen molar-refractivity contribution in [2.24, 2.45) is 5.92 Å². The van der Waals surface area contributed by atoms with Gasteiger partial charge < -0.3 is 10.2 Å². The van der Waals surface area contributed by atoms with Gasteiger partial charge in [-0.25, -0.2) is 0 Å². The summed E-state index contributed by atoms with van der Waals surface area (Å²) >= 11 is 0. The van der Waals surface area contributed by atoms with Gasteiger partial charge in [-0.15, -0.1) is 0 Å². The molecule has 120 valence electrons. The molecule has 3 heteroatoms. The van der Waals surface area contributed by atoms with Crippen LogP contribution < -0.4 is 5.32 Å². The van der Waals surface area contributed by atoms with Gasteiger partial charge in [0, 0.05) is 24.5 Å². The summed E-state index contributed by atoms with van der Waals surface area (Å²) < 4.78 is 0. The second kappa shape index (κ2) is 6.82. The number of aryl methyl sites for hydroxylation is 1. The van der Waals surface area contributed by atoms with Crippen LogP contribution in [0.25, 0.3) is 0 Å². The molecule has 0 aromatic heterocycles. The Morgan fingerprint density at radius 1 is 1.27 bits per heavy atom. The van der Waals surface area contributed by atoms with Gasteiger partial charge in [-0.05, 0) is 58.1 Å². The van der Waals surface area contributed by atoms with E-state index in [9.17, 15) is 4.79 Å². The van der Waals surface area contributed by atoms with E-state index in [0.717, 1.165) is 45.2 Å². The maximum atomic E-state index is 12.9. The summed E-state index contributed by atoms with van der Waals surface area (Å²) in [6.07, 6.45) is 5.30. The Hall–Kier alpha value is -1.35. The first-order chi connectivity index (χ1) is 10.6. The zero-order valence-electron chi connectivity index (χ0n) is 13.8. The highest BCUT2D eigenvalue weighted by atomic mass is 16.2. The number of likely N-dealkylation sites (tertiary alicyclic amines) is 1. The predicted molar refractivity (Wildman–Crippen MR) is 89.8 cm³/mol. The van der Waals surface area contributed by atoms with Crippen molar-refractivity contribution in [2.75, 3.05) is 13.1 Å². The Morgan fingerprint density at radius 3 is 2.77 bits per heavy atom. The van der Waals surface area contributed by atoms with Crippen molar-refractivity contribution in [3.8, 4) is 0 Å². The molecular formula is C19H28N2O. The smallest absolute Gasteiger partial charge is 0.226 e. The fraction of sp³-hybridized carbons (Fsp3) is 0.632. The summed E-state index contributed by atoms with van der Waals surface area (Å²) in [6, 6.07) is 9.64. The first-order valence-corrected chi connectivity index (χ1v) is 8.73. The zero-order valence-corrected chi connectivity index (χ0v) is 13.8. The van der Waals surface area contributed by atoms with Gasteiger partial charge >= 0.3 is 0 Å². The number of benzene rings is 1. The molecule has 2 aliphatic rings. The number of carbonyl (C=O) groups excluding carboxylic acids is 1. The van der Waals surface area contributed by atoms with E-state index in [2.05, 4.69) is 48.3 Å². The first kappa shape index (κ1) is 15.5. The maximum absolute atomic E-state index is 12.9. The highest BCUT2D eigenvalue weighted by Gasteiger charge is 2.34. The number of hydrogen-bond acceptors (Lipinski definition) is 2. The quantitative estimate of drug-likeness (QED) is 0.931. The Kier molecular flexibility index (Phi) is 4.82. The second-order valence-electron chi connectivity index (χ2n) is 7.09. The summed E-state index contributed by atoms with van der Waals surface area (Å²) in [5.74, 6) is 0.637. The largest absolute Gasteiger partial charge is 0.339 e. The normalized spacial score (nSPS) is 28.8. The van der Waals surface area contributed by atoms with Crippen molar-refractivity contribution in [1.29, 1.82) is 0 Å². The van der Waals surface area contributed by atoms with Crippen LogP contribution in [0, 0.1) is 12.8 Å². The highest BCUT2D eigenvalue weighted by molar-refractivity contribution is 5.79. The molecule has 0 saturated carbocycles. The molecule has 3 nitrogen and oxygen atoms in total. The van der Waals surface area contributed by atoms with Crippen molar-refractivity contribution in [2.45, 2.75) is 58.0 Å². The molecule has 2 aliphatic heterocycles. The molecule has 2 saturated heterocycles. The van der Waals surface area contributed by atoms with E-state index in [-0.39, 0.29) is 5.92 Å². The number of nitrogens with zero attached hydrogens (tertiary/aromatic N) is 1. The van der Waals surface area contributed by atoms with Gasteiger partial charge in [-0.1, -0.05) is 29.8 Å². The van der Waals surface area contributed by atoms with Crippen LogP contribution in [0.15, 0.2) is 24.3 Å². The molecule has 0 bridgehead atoms. The van der Waals surface area contributed by atoms with Crippen LogP contribution in [0.3, 0.4) is 0 Å². The molecule has 3 rings (SSSR count). The summed E-state index contributed by atoms with van der Waals surface area (Å²) in [7, 11) is 0. The minimum atomic E-state index is 0.231. The average molecular weight is 300 g/mol. The minimum absolute atomic E-state index is 0.231. The van der Waals surface area contributed by atoms with Gasteiger partial charge in [0.2, 0.25) is 5.91 Å². The SMILES string of the molecule is Cc1ccc(CC2CCCN2C(=O)[C@H]2CCN[C@@H](C)C2)cc1. The molecule has 1 amide bonds. The molecule has 3 atom stereocenters. The van der Waals surface area contributed by atoms with Crippen LogP contribution in [0.5, 0.6) is 0 Å². The number of piperidine rings is 1. The van der Waals surface area contributed by atoms with Crippen LogP contribution >= 0.6 is 0 Å². The molecule has 2 heterocycles. The van der Waals surface area contributed by atoms with Crippen molar-refractivity contribution in [3.05, 3.63) is 35.4 Å². The Labute approximate surface area is 134 Å². The van der Waals surface area contributed by atoms with Gasteiger partial charge in [-0.2, -0.15) is 0 Å². The molecule has 1 aromatic rings. The van der Waals surface area contributed by atoms with E-state index < -0.39 is 0 Å².